The van der Waals surface area contributed by atoms with E-state index in [4.69, 9.17) is 23.9 Å². The standard InChI is InChI=1S/C47H55N5O10S/c1-7-32-28-47(32,43(55)51-63(57,58)46(20-21-46)27-30-14-10-8-11-15-30)50-41(53)38-25-34(29-52(38)42(54)40(45(2,3)4)49-44(56)61-23-22-59-5)62-39-26-36(31-16-12-9-13-17-31)48-37-24-33(60-6)18-19-35(37)39/h7-19,24,26,32,34,38,40H,1,20-23,25,27-29H2,2-6H3,(H,49,56)(H,50,53)(H,51,55)/t32-,34-,38+,40-,47-/m1/s1. The Bertz CT molecular complexity index is 2470. The van der Waals surface area contributed by atoms with Crippen molar-refractivity contribution in [2.75, 3.05) is 34.0 Å². The van der Waals surface area contributed by atoms with E-state index in [-0.39, 0.29) is 39.0 Å². The Labute approximate surface area is 367 Å². The number of ether oxygens (including phenoxy) is 4. The minimum Gasteiger partial charge on any atom is -0.497 e. The summed E-state index contributed by atoms with van der Waals surface area (Å²) >= 11 is 0. The van der Waals surface area contributed by atoms with Crippen molar-refractivity contribution in [3.05, 3.63) is 103 Å². The maximum atomic E-state index is 14.8. The number of aromatic nitrogens is 1. The fraction of sp³-hybridized carbons (Fsp3) is 0.426. The van der Waals surface area contributed by atoms with Crippen LogP contribution in [0.4, 0.5) is 4.79 Å². The molecule has 7 rings (SSSR count). The number of nitrogens with one attached hydrogen (secondary N) is 3. The number of pyridine rings is 1. The van der Waals surface area contributed by atoms with E-state index in [1.54, 1.807) is 40.0 Å². The molecule has 63 heavy (non-hydrogen) atoms. The van der Waals surface area contributed by atoms with Crippen LogP contribution in [0.1, 0.15) is 52.0 Å². The van der Waals surface area contributed by atoms with E-state index in [9.17, 15) is 27.6 Å². The average molecular weight is 882 g/mol. The van der Waals surface area contributed by atoms with Crippen LogP contribution in [-0.4, -0.2) is 105 Å². The van der Waals surface area contributed by atoms with Crippen molar-refractivity contribution in [1.29, 1.82) is 0 Å². The molecule has 0 spiro atoms. The molecule has 1 saturated heterocycles. The first-order valence-electron chi connectivity index (χ1n) is 21.0. The van der Waals surface area contributed by atoms with Crippen molar-refractivity contribution < 1.29 is 46.5 Å². The van der Waals surface area contributed by atoms with Gasteiger partial charge in [0.1, 0.15) is 41.8 Å². The second-order valence-electron chi connectivity index (χ2n) is 17.6. The SMILES string of the molecule is C=C[C@@H]1C[C@]1(NC(=O)[C@@H]1C[C@@H](Oc2cc(-c3ccccc3)nc3cc(OC)ccc23)CN1C(=O)[C@@H](NC(=O)OCCOC)C(C)(C)C)C(=O)NS(=O)(=O)C1(Cc2ccccc2)CC1. The zero-order valence-electron chi connectivity index (χ0n) is 36.2. The molecule has 334 valence electrons. The molecule has 3 aromatic carbocycles. The van der Waals surface area contributed by atoms with Gasteiger partial charge >= 0.3 is 6.09 Å². The van der Waals surface area contributed by atoms with Crippen molar-refractivity contribution in [2.24, 2.45) is 11.3 Å². The second kappa shape index (κ2) is 18.0. The fourth-order valence-electron chi connectivity index (χ4n) is 8.21. The van der Waals surface area contributed by atoms with Crippen LogP contribution < -0.4 is 24.8 Å². The molecule has 0 bridgehead atoms. The van der Waals surface area contributed by atoms with Crippen LogP contribution in [0.3, 0.4) is 0 Å². The first-order chi connectivity index (χ1) is 30.0. The van der Waals surface area contributed by atoms with Gasteiger partial charge in [-0.2, -0.15) is 0 Å². The van der Waals surface area contributed by atoms with Crippen molar-refractivity contribution in [2.45, 2.75) is 81.3 Å². The van der Waals surface area contributed by atoms with Gasteiger partial charge in [-0.1, -0.05) is 87.5 Å². The molecule has 2 aliphatic carbocycles. The van der Waals surface area contributed by atoms with Crippen LogP contribution in [0.2, 0.25) is 0 Å². The number of carbonyl (C=O) groups is 4. The monoisotopic (exact) mass is 881 g/mol. The highest BCUT2D eigenvalue weighted by atomic mass is 32.2. The topological polar surface area (TPSA) is 192 Å². The lowest BCUT2D eigenvalue weighted by molar-refractivity contribution is -0.142. The van der Waals surface area contributed by atoms with Gasteiger partial charge in [-0.3, -0.25) is 19.1 Å². The molecule has 4 aromatic rings. The van der Waals surface area contributed by atoms with E-state index in [0.717, 1.165) is 11.1 Å². The molecule has 3 aliphatic rings. The molecule has 3 N–H and O–H groups in total. The molecule has 5 atom stereocenters. The van der Waals surface area contributed by atoms with E-state index in [1.807, 2.05) is 72.8 Å². The average Bonchev–Trinajstić information content (AvgIpc) is 4.17. The number of rotatable bonds is 17. The third-order valence-electron chi connectivity index (χ3n) is 12.1. The molecule has 0 unspecified atom stereocenters. The quantitative estimate of drug-likeness (QED) is 0.0918. The molecule has 3 fully saturated rings. The minimum absolute atomic E-state index is 0.0116. The van der Waals surface area contributed by atoms with Gasteiger partial charge in [-0.05, 0) is 48.8 Å². The third kappa shape index (κ3) is 9.66. The third-order valence-corrected chi connectivity index (χ3v) is 14.3. The molecule has 1 aliphatic heterocycles. The van der Waals surface area contributed by atoms with Gasteiger partial charge in [0.25, 0.3) is 5.91 Å². The molecule has 16 heteroatoms. The first kappa shape index (κ1) is 45.0. The van der Waals surface area contributed by atoms with Gasteiger partial charge in [0.05, 0.1) is 36.2 Å². The first-order valence-corrected chi connectivity index (χ1v) is 22.5. The highest BCUT2D eigenvalue weighted by Gasteiger charge is 2.63. The van der Waals surface area contributed by atoms with Crippen molar-refractivity contribution >= 4 is 44.7 Å². The Morgan fingerprint density at radius 1 is 0.968 bits per heavy atom. The summed E-state index contributed by atoms with van der Waals surface area (Å²) in [6, 6.07) is 23.6. The fourth-order valence-corrected chi connectivity index (χ4v) is 9.85. The van der Waals surface area contributed by atoms with Crippen molar-refractivity contribution in [3.8, 4) is 22.8 Å². The molecule has 1 aromatic heterocycles. The van der Waals surface area contributed by atoms with Crippen molar-refractivity contribution in [3.63, 3.8) is 0 Å². The number of likely N-dealkylation sites (tertiary alicyclic amines) is 1. The molecular formula is C47H55N5O10S. The van der Waals surface area contributed by atoms with Crippen LogP contribution in [0, 0.1) is 11.3 Å². The number of methoxy groups -OCH3 is 2. The number of amides is 4. The Morgan fingerprint density at radius 3 is 2.29 bits per heavy atom. The number of alkyl carbamates (subject to hydrolysis) is 1. The Kier molecular flexibility index (Phi) is 12.9. The van der Waals surface area contributed by atoms with E-state index in [1.165, 1.54) is 18.1 Å². The maximum Gasteiger partial charge on any atom is 0.407 e. The smallest absolute Gasteiger partial charge is 0.407 e. The van der Waals surface area contributed by atoms with Gasteiger partial charge in [0.2, 0.25) is 21.8 Å². The summed E-state index contributed by atoms with van der Waals surface area (Å²) < 4.78 is 51.4. The number of hydrogen-bond donors (Lipinski definition) is 3. The number of hydrogen-bond acceptors (Lipinski definition) is 11. The number of sulfonamides is 1. The van der Waals surface area contributed by atoms with E-state index in [0.29, 0.717) is 40.9 Å². The lowest BCUT2D eigenvalue weighted by Crippen LogP contribution is -2.60. The number of carbonyl (C=O) groups excluding carboxylic acids is 4. The summed E-state index contributed by atoms with van der Waals surface area (Å²) in [5.41, 5.74) is 0.388. The summed E-state index contributed by atoms with van der Waals surface area (Å²) in [6.07, 6.45) is 0.989. The van der Waals surface area contributed by atoms with Crippen LogP contribution in [-0.2, 0) is 40.3 Å². The summed E-state index contributed by atoms with van der Waals surface area (Å²) in [5, 5.41) is 6.22. The predicted molar refractivity (Wildman–Crippen MR) is 236 cm³/mol. The van der Waals surface area contributed by atoms with Gasteiger partial charge < -0.3 is 34.5 Å². The Morgan fingerprint density at radius 2 is 1.67 bits per heavy atom. The predicted octanol–water partition coefficient (Wildman–Crippen LogP) is 5.33. The van der Waals surface area contributed by atoms with Gasteiger partial charge in [-0.15, -0.1) is 6.58 Å². The largest absolute Gasteiger partial charge is 0.497 e. The van der Waals surface area contributed by atoms with E-state index >= 15 is 0 Å². The van der Waals surface area contributed by atoms with Gasteiger partial charge in [-0.25, -0.2) is 18.2 Å². The number of fused-ring (bicyclic) bond motifs is 1. The molecule has 2 heterocycles. The molecule has 0 radical (unpaired) electrons. The minimum atomic E-state index is -4.18. The highest BCUT2D eigenvalue weighted by Crippen LogP contribution is 2.49. The van der Waals surface area contributed by atoms with Crippen LogP contribution >= 0.6 is 0 Å². The zero-order chi connectivity index (χ0) is 45.2. The highest BCUT2D eigenvalue weighted by molar-refractivity contribution is 7.91. The summed E-state index contributed by atoms with van der Waals surface area (Å²) in [6.45, 7) is 9.19. The second-order valence-corrected chi connectivity index (χ2v) is 19.7. The molecule has 15 nitrogen and oxygen atoms in total. The lowest BCUT2D eigenvalue weighted by atomic mass is 9.85. The van der Waals surface area contributed by atoms with Gasteiger partial charge in [0.15, 0.2) is 0 Å². The maximum absolute atomic E-state index is 14.8. The van der Waals surface area contributed by atoms with E-state index in [2.05, 4.69) is 21.9 Å². The van der Waals surface area contributed by atoms with Crippen molar-refractivity contribution in [1.82, 2.24) is 25.2 Å². The molecule has 2 saturated carbocycles. The van der Waals surface area contributed by atoms with E-state index < -0.39 is 73.6 Å². The van der Waals surface area contributed by atoms with Crippen LogP contribution in [0.25, 0.3) is 22.2 Å². The van der Waals surface area contributed by atoms with Crippen LogP contribution in [0.5, 0.6) is 11.5 Å². The molecule has 4 amide bonds. The normalized spacial score (nSPS) is 21.7. The Balaban J connectivity index is 1.19. The zero-order valence-corrected chi connectivity index (χ0v) is 37.0. The Hall–Kier alpha value is -6.00. The van der Waals surface area contributed by atoms with Crippen LogP contribution in [0.15, 0.2) is 97.6 Å². The lowest BCUT2D eigenvalue weighted by Gasteiger charge is -2.35. The van der Waals surface area contributed by atoms with Gasteiger partial charge in [0, 0.05) is 42.5 Å². The summed E-state index contributed by atoms with van der Waals surface area (Å²) in [5.74, 6) is -1.69. The molecular weight excluding hydrogens is 827 g/mol. The summed E-state index contributed by atoms with van der Waals surface area (Å²) in [4.78, 5) is 62.9. The number of benzene rings is 3. The summed E-state index contributed by atoms with van der Waals surface area (Å²) in [7, 11) is -1.15. The number of nitrogens with zero attached hydrogens (tertiary/aromatic N) is 2.